The van der Waals surface area contributed by atoms with Gasteiger partial charge in [0.05, 0.1) is 5.69 Å². The van der Waals surface area contributed by atoms with Gasteiger partial charge in [-0.1, -0.05) is 0 Å². The lowest BCUT2D eigenvalue weighted by molar-refractivity contribution is 0.509. The van der Waals surface area contributed by atoms with Crippen LogP contribution >= 0.6 is 11.3 Å². The fraction of sp³-hybridized carbons (Fsp3) is 0.308. The van der Waals surface area contributed by atoms with Gasteiger partial charge in [0.15, 0.2) is 11.6 Å². The van der Waals surface area contributed by atoms with Crippen molar-refractivity contribution in [2.24, 2.45) is 5.73 Å². The Balaban J connectivity index is 2.36. The van der Waals surface area contributed by atoms with Crippen LogP contribution in [0.15, 0.2) is 18.2 Å². The summed E-state index contributed by atoms with van der Waals surface area (Å²) in [6.07, 6.45) is 0.743. The van der Waals surface area contributed by atoms with Crippen LogP contribution in [0.3, 0.4) is 0 Å². The molecule has 0 saturated carbocycles. The lowest BCUT2D eigenvalue weighted by atomic mass is 10.2. The zero-order chi connectivity index (χ0) is 13.3. The van der Waals surface area contributed by atoms with Crippen LogP contribution in [0.5, 0.6) is 0 Å². The van der Waals surface area contributed by atoms with Crippen molar-refractivity contribution in [1.29, 1.82) is 0 Å². The van der Waals surface area contributed by atoms with E-state index in [4.69, 9.17) is 5.73 Å². The molecule has 0 radical (unpaired) electrons. The first-order chi connectivity index (χ1) is 8.47. The molecule has 0 aliphatic heterocycles. The Morgan fingerprint density at radius 3 is 2.67 bits per heavy atom. The predicted molar refractivity (Wildman–Crippen MR) is 69.6 cm³/mol. The number of nitrogens with zero attached hydrogens (tertiary/aromatic N) is 1. The molecule has 2 nitrogen and oxygen atoms in total. The topological polar surface area (TPSA) is 38.9 Å². The Labute approximate surface area is 108 Å². The highest BCUT2D eigenvalue weighted by molar-refractivity contribution is 7.15. The summed E-state index contributed by atoms with van der Waals surface area (Å²) in [5.74, 6) is -1.70. The minimum atomic E-state index is -0.853. The summed E-state index contributed by atoms with van der Waals surface area (Å²) in [5, 5.41) is 0.696. The molecule has 0 saturated heterocycles. The van der Waals surface area contributed by atoms with Crippen LogP contribution in [0.1, 0.15) is 17.5 Å². The van der Waals surface area contributed by atoms with Gasteiger partial charge in [0, 0.05) is 16.5 Å². The van der Waals surface area contributed by atoms with Crippen molar-refractivity contribution in [3.63, 3.8) is 0 Å². The van der Waals surface area contributed by atoms with Crippen LogP contribution in [-0.4, -0.2) is 11.0 Å². The van der Waals surface area contributed by atoms with E-state index in [9.17, 15) is 8.78 Å². The lowest BCUT2D eigenvalue weighted by Crippen LogP contribution is -2.17. The monoisotopic (exact) mass is 268 g/mol. The maximum Gasteiger partial charge on any atom is 0.159 e. The highest BCUT2D eigenvalue weighted by Gasteiger charge is 2.12. The number of hydrogen-bond donors (Lipinski definition) is 1. The highest BCUT2D eigenvalue weighted by atomic mass is 32.1. The van der Waals surface area contributed by atoms with Gasteiger partial charge in [-0.3, -0.25) is 0 Å². The van der Waals surface area contributed by atoms with Gasteiger partial charge in [-0.05, 0) is 38.5 Å². The molecular weight excluding hydrogens is 254 g/mol. The molecule has 1 unspecified atom stereocenters. The van der Waals surface area contributed by atoms with Crippen molar-refractivity contribution in [3.05, 3.63) is 40.4 Å². The molecule has 0 aliphatic rings. The van der Waals surface area contributed by atoms with Crippen molar-refractivity contribution < 1.29 is 8.78 Å². The summed E-state index contributed by atoms with van der Waals surface area (Å²) in [7, 11) is 0. The first-order valence-corrected chi connectivity index (χ1v) is 6.46. The standard InChI is InChI=1S/C13H14F2N2S/c1-7(16)5-12-8(2)17-13(18-12)9-3-4-10(14)11(15)6-9/h3-4,6-7H,5,16H2,1-2H3. The molecule has 1 atom stereocenters. The average Bonchev–Trinajstić information content (AvgIpc) is 2.63. The van der Waals surface area contributed by atoms with Gasteiger partial charge in [0.25, 0.3) is 0 Å². The number of halogens is 2. The van der Waals surface area contributed by atoms with Crippen molar-refractivity contribution >= 4 is 11.3 Å². The summed E-state index contributed by atoms with van der Waals surface area (Å²) < 4.78 is 26.0. The van der Waals surface area contributed by atoms with Gasteiger partial charge >= 0.3 is 0 Å². The molecule has 96 valence electrons. The van der Waals surface area contributed by atoms with E-state index in [2.05, 4.69) is 4.98 Å². The number of nitrogens with two attached hydrogens (primary N) is 1. The number of aromatic nitrogens is 1. The maximum atomic E-state index is 13.2. The molecule has 0 amide bonds. The summed E-state index contributed by atoms with van der Waals surface area (Å²) in [6.45, 7) is 3.83. The molecule has 1 aromatic heterocycles. The van der Waals surface area contributed by atoms with Crippen LogP contribution in [0, 0.1) is 18.6 Å². The van der Waals surface area contributed by atoms with Gasteiger partial charge in [0.2, 0.25) is 0 Å². The van der Waals surface area contributed by atoms with E-state index in [1.54, 1.807) is 0 Å². The quantitative estimate of drug-likeness (QED) is 0.927. The molecule has 2 N–H and O–H groups in total. The van der Waals surface area contributed by atoms with Gasteiger partial charge < -0.3 is 5.73 Å². The van der Waals surface area contributed by atoms with Gasteiger partial charge in [0.1, 0.15) is 5.01 Å². The Morgan fingerprint density at radius 2 is 2.06 bits per heavy atom. The Hall–Kier alpha value is -1.33. The van der Waals surface area contributed by atoms with Gasteiger partial charge in [-0.15, -0.1) is 11.3 Å². The second kappa shape index (κ2) is 5.12. The van der Waals surface area contributed by atoms with E-state index in [1.165, 1.54) is 23.5 Å². The third-order valence-corrected chi connectivity index (χ3v) is 3.80. The van der Waals surface area contributed by atoms with E-state index in [0.717, 1.165) is 23.1 Å². The number of thiazole rings is 1. The van der Waals surface area contributed by atoms with Crippen LogP contribution in [0.2, 0.25) is 0 Å². The Morgan fingerprint density at radius 1 is 1.33 bits per heavy atom. The summed E-state index contributed by atoms with van der Waals surface area (Å²) >= 11 is 1.48. The average molecular weight is 268 g/mol. The smallest absolute Gasteiger partial charge is 0.159 e. The molecule has 18 heavy (non-hydrogen) atoms. The molecule has 0 fully saturated rings. The Kier molecular flexibility index (Phi) is 3.73. The fourth-order valence-electron chi connectivity index (χ4n) is 1.66. The van der Waals surface area contributed by atoms with Crippen molar-refractivity contribution in [3.8, 4) is 10.6 Å². The second-order valence-electron chi connectivity index (χ2n) is 4.34. The molecule has 2 rings (SSSR count). The second-order valence-corrected chi connectivity index (χ2v) is 5.42. The molecule has 1 heterocycles. The fourth-order valence-corrected chi connectivity index (χ4v) is 2.86. The summed E-state index contributed by atoms with van der Waals surface area (Å²) in [6, 6.07) is 3.88. The lowest BCUT2D eigenvalue weighted by Gasteiger charge is -2.01. The maximum absolute atomic E-state index is 13.2. The normalized spacial score (nSPS) is 12.7. The van der Waals surface area contributed by atoms with Crippen molar-refractivity contribution in [2.75, 3.05) is 0 Å². The third-order valence-electron chi connectivity index (χ3n) is 2.57. The molecule has 1 aromatic carbocycles. The minimum Gasteiger partial charge on any atom is -0.328 e. The van der Waals surface area contributed by atoms with Gasteiger partial charge in [-0.25, -0.2) is 13.8 Å². The van der Waals surface area contributed by atoms with E-state index in [-0.39, 0.29) is 6.04 Å². The number of rotatable bonds is 3. The number of aryl methyl sites for hydroxylation is 1. The summed E-state index contributed by atoms with van der Waals surface area (Å²) in [5.41, 5.74) is 7.25. The molecule has 2 aromatic rings. The minimum absolute atomic E-state index is 0.0574. The SMILES string of the molecule is Cc1nc(-c2ccc(F)c(F)c2)sc1CC(C)N. The third kappa shape index (κ3) is 2.73. The zero-order valence-electron chi connectivity index (χ0n) is 10.2. The molecule has 0 aliphatic carbocycles. The largest absolute Gasteiger partial charge is 0.328 e. The molecule has 0 spiro atoms. The Bertz CT molecular complexity index is 564. The molecular formula is C13H14F2N2S. The predicted octanol–water partition coefficient (Wildman–Crippen LogP) is 3.29. The van der Waals surface area contributed by atoms with Crippen molar-refractivity contribution in [2.45, 2.75) is 26.3 Å². The summed E-state index contributed by atoms with van der Waals surface area (Å²) in [4.78, 5) is 5.47. The molecule has 5 heteroatoms. The van der Waals surface area contributed by atoms with Crippen LogP contribution in [-0.2, 0) is 6.42 Å². The zero-order valence-corrected chi connectivity index (χ0v) is 11.0. The highest BCUT2D eigenvalue weighted by Crippen LogP contribution is 2.29. The molecule has 0 bridgehead atoms. The van der Waals surface area contributed by atoms with Crippen LogP contribution in [0.25, 0.3) is 10.6 Å². The van der Waals surface area contributed by atoms with E-state index in [0.29, 0.717) is 10.6 Å². The van der Waals surface area contributed by atoms with Crippen LogP contribution in [0.4, 0.5) is 8.78 Å². The van der Waals surface area contributed by atoms with E-state index in [1.807, 2.05) is 13.8 Å². The van der Waals surface area contributed by atoms with Crippen LogP contribution < -0.4 is 5.73 Å². The van der Waals surface area contributed by atoms with E-state index >= 15 is 0 Å². The number of benzene rings is 1. The first kappa shape index (κ1) is 13.1. The first-order valence-electron chi connectivity index (χ1n) is 5.64. The number of hydrogen-bond acceptors (Lipinski definition) is 3. The van der Waals surface area contributed by atoms with E-state index < -0.39 is 11.6 Å². The van der Waals surface area contributed by atoms with Gasteiger partial charge in [-0.2, -0.15) is 0 Å². The van der Waals surface area contributed by atoms with Crippen molar-refractivity contribution in [1.82, 2.24) is 4.98 Å².